The molecule has 0 fully saturated rings. The molecule has 7 heteroatoms. The molecule has 0 spiro atoms. The third-order valence-electron chi connectivity index (χ3n) is 10.2. The zero-order valence-electron chi connectivity index (χ0n) is 35.3. The number of amides is 1. The van der Waals surface area contributed by atoms with Crippen LogP contribution in [0.3, 0.4) is 0 Å². The molecule has 0 aromatic rings. The standard InChI is InChI=1S/C46H90N4O3/c1-3-5-7-9-11-13-15-17-19-21-23-25-27-29-31-33-37-47-39-35-41-49-44(46(52)53)43-45(51)50-42-36-40-48-38-34-32-30-28-26-24-22-20-18-16-14-12-10-8-6-4-2/h17-20,44,47-49H,3-16,21-43H2,1-2H3,(H,50,51)(H,52,53)/b19-17-,20-18-/t44-/m0/s1. The first-order chi connectivity index (χ1) is 26.1. The molecule has 1 amide bonds. The molecule has 0 aliphatic heterocycles. The minimum absolute atomic E-state index is 0.0266. The van der Waals surface area contributed by atoms with Crippen molar-refractivity contribution in [3.05, 3.63) is 24.3 Å². The van der Waals surface area contributed by atoms with E-state index in [-0.39, 0.29) is 12.3 Å². The van der Waals surface area contributed by atoms with E-state index in [1.165, 1.54) is 180 Å². The van der Waals surface area contributed by atoms with Crippen molar-refractivity contribution < 1.29 is 14.7 Å². The molecule has 0 unspecified atom stereocenters. The van der Waals surface area contributed by atoms with Crippen molar-refractivity contribution in [3.8, 4) is 0 Å². The second-order valence-electron chi connectivity index (χ2n) is 15.5. The van der Waals surface area contributed by atoms with Crippen LogP contribution in [0.1, 0.15) is 213 Å². The van der Waals surface area contributed by atoms with E-state index < -0.39 is 12.0 Å². The van der Waals surface area contributed by atoms with Crippen molar-refractivity contribution in [1.82, 2.24) is 21.3 Å². The fraction of sp³-hybridized carbons (Fsp3) is 0.870. The average Bonchev–Trinajstić information content (AvgIpc) is 3.15. The van der Waals surface area contributed by atoms with Crippen molar-refractivity contribution in [2.45, 2.75) is 219 Å². The van der Waals surface area contributed by atoms with Crippen molar-refractivity contribution in [2.24, 2.45) is 0 Å². The maximum atomic E-state index is 12.3. The van der Waals surface area contributed by atoms with E-state index in [0.29, 0.717) is 13.1 Å². The molecule has 7 nitrogen and oxygen atoms in total. The maximum Gasteiger partial charge on any atom is 0.321 e. The van der Waals surface area contributed by atoms with Gasteiger partial charge in [-0.25, -0.2) is 0 Å². The van der Waals surface area contributed by atoms with Gasteiger partial charge in [0.15, 0.2) is 0 Å². The maximum absolute atomic E-state index is 12.3. The van der Waals surface area contributed by atoms with E-state index >= 15 is 0 Å². The Morgan fingerprint density at radius 3 is 1.17 bits per heavy atom. The molecule has 0 rings (SSSR count). The number of carboxylic acids is 1. The van der Waals surface area contributed by atoms with Crippen molar-refractivity contribution >= 4 is 11.9 Å². The van der Waals surface area contributed by atoms with E-state index in [0.717, 1.165) is 39.0 Å². The first-order valence-electron chi connectivity index (χ1n) is 23.1. The summed E-state index contributed by atoms with van der Waals surface area (Å²) in [7, 11) is 0. The number of carboxylic acid groups (broad SMARTS) is 1. The van der Waals surface area contributed by atoms with E-state index in [1.54, 1.807) is 0 Å². The number of carbonyl (C=O) groups is 2. The lowest BCUT2D eigenvalue weighted by atomic mass is 10.1. The Hall–Kier alpha value is -1.70. The summed E-state index contributed by atoms with van der Waals surface area (Å²) in [5, 5.41) is 22.4. The Bertz CT molecular complexity index is 819. The lowest BCUT2D eigenvalue weighted by Crippen LogP contribution is -2.42. The second-order valence-corrected chi connectivity index (χ2v) is 15.5. The summed E-state index contributed by atoms with van der Waals surface area (Å²) in [6, 6.07) is -0.838. The van der Waals surface area contributed by atoms with Gasteiger partial charge in [0.25, 0.3) is 0 Å². The molecule has 0 aromatic heterocycles. The van der Waals surface area contributed by atoms with E-state index in [9.17, 15) is 14.7 Å². The number of carbonyl (C=O) groups excluding carboxylic acids is 1. The molecular formula is C46H90N4O3. The highest BCUT2D eigenvalue weighted by atomic mass is 16.4. The monoisotopic (exact) mass is 747 g/mol. The van der Waals surface area contributed by atoms with Gasteiger partial charge >= 0.3 is 5.97 Å². The van der Waals surface area contributed by atoms with Gasteiger partial charge in [-0.15, -0.1) is 0 Å². The molecule has 53 heavy (non-hydrogen) atoms. The van der Waals surface area contributed by atoms with Crippen LogP contribution in [-0.2, 0) is 9.59 Å². The molecule has 0 radical (unpaired) electrons. The topological polar surface area (TPSA) is 102 Å². The van der Waals surface area contributed by atoms with Crippen LogP contribution in [0.5, 0.6) is 0 Å². The molecule has 0 heterocycles. The van der Waals surface area contributed by atoms with Gasteiger partial charge in [-0.2, -0.15) is 0 Å². The van der Waals surface area contributed by atoms with Crippen LogP contribution in [0.25, 0.3) is 0 Å². The predicted molar refractivity (Wildman–Crippen MR) is 231 cm³/mol. The van der Waals surface area contributed by atoms with Crippen LogP contribution in [0, 0.1) is 0 Å². The summed E-state index contributed by atoms with van der Waals surface area (Å²) in [5.74, 6) is -1.16. The number of hydrogen-bond donors (Lipinski definition) is 5. The summed E-state index contributed by atoms with van der Waals surface area (Å²) >= 11 is 0. The third kappa shape index (κ3) is 42.9. The molecule has 0 aliphatic carbocycles. The third-order valence-corrected chi connectivity index (χ3v) is 10.2. The number of allylic oxidation sites excluding steroid dienone is 4. The zero-order chi connectivity index (χ0) is 38.6. The molecule has 1 atom stereocenters. The number of aliphatic carboxylic acids is 1. The van der Waals surface area contributed by atoms with E-state index in [2.05, 4.69) is 59.4 Å². The van der Waals surface area contributed by atoms with Crippen LogP contribution >= 0.6 is 0 Å². The fourth-order valence-corrected chi connectivity index (χ4v) is 6.68. The predicted octanol–water partition coefficient (Wildman–Crippen LogP) is 11.6. The number of unbranched alkanes of at least 4 members (excludes halogenated alkanes) is 24. The molecule has 0 saturated carbocycles. The first kappa shape index (κ1) is 51.3. The minimum atomic E-state index is -0.963. The molecular weight excluding hydrogens is 657 g/mol. The van der Waals surface area contributed by atoms with Gasteiger partial charge in [-0.3, -0.25) is 9.59 Å². The van der Waals surface area contributed by atoms with Crippen LogP contribution < -0.4 is 21.3 Å². The number of rotatable bonds is 44. The summed E-state index contributed by atoms with van der Waals surface area (Å²) < 4.78 is 0. The highest BCUT2D eigenvalue weighted by molar-refractivity contribution is 5.84. The average molecular weight is 747 g/mol. The smallest absolute Gasteiger partial charge is 0.321 e. The van der Waals surface area contributed by atoms with Gasteiger partial charge in [0.2, 0.25) is 5.91 Å². The highest BCUT2D eigenvalue weighted by Gasteiger charge is 2.20. The van der Waals surface area contributed by atoms with Gasteiger partial charge < -0.3 is 26.4 Å². The Kier molecular flexibility index (Phi) is 43.3. The Morgan fingerprint density at radius 2 is 0.774 bits per heavy atom. The van der Waals surface area contributed by atoms with E-state index in [1.807, 2.05) is 0 Å². The van der Waals surface area contributed by atoms with Gasteiger partial charge in [0.05, 0.1) is 6.42 Å². The van der Waals surface area contributed by atoms with E-state index in [4.69, 9.17) is 0 Å². The molecule has 312 valence electrons. The van der Waals surface area contributed by atoms with Crippen LogP contribution in [0.2, 0.25) is 0 Å². The van der Waals surface area contributed by atoms with Crippen LogP contribution in [-0.4, -0.2) is 62.3 Å². The quantitative estimate of drug-likeness (QED) is 0.0314. The van der Waals surface area contributed by atoms with Crippen LogP contribution in [0.4, 0.5) is 0 Å². The molecule has 5 N–H and O–H groups in total. The summed E-state index contributed by atoms with van der Waals surface area (Å²) in [6.07, 6.45) is 48.3. The molecule has 0 aliphatic rings. The number of nitrogens with one attached hydrogen (secondary N) is 4. The molecule has 0 bridgehead atoms. The summed E-state index contributed by atoms with van der Waals surface area (Å²) in [4.78, 5) is 24.0. The first-order valence-corrected chi connectivity index (χ1v) is 23.1. The fourth-order valence-electron chi connectivity index (χ4n) is 6.68. The van der Waals surface area contributed by atoms with Gasteiger partial charge in [-0.1, -0.05) is 154 Å². The van der Waals surface area contributed by atoms with Crippen LogP contribution in [0.15, 0.2) is 24.3 Å². The lowest BCUT2D eigenvalue weighted by molar-refractivity contribution is -0.141. The summed E-state index contributed by atoms with van der Waals surface area (Å²) in [6.45, 7) is 9.48. The molecule has 0 saturated heterocycles. The highest BCUT2D eigenvalue weighted by Crippen LogP contribution is 2.11. The largest absolute Gasteiger partial charge is 0.480 e. The van der Waals surface area contributed by atoms with Gasteiger partial charge in [0.1, 0.15) is 6.04 Å². The van der Waals surface area contributed by atoms with Gasteiger partial charge in [0, 0.05) is 6.54 Å². The lowest BCUT2D eigenvalue weighted by Gasteiger charge is -2.14. The SMILES string of the molecule is CCCCCCCC/C=C\CCCCCCCCNCCCNC(=O)C[C@H](NCCCNCCCCCCCC/C=C\CCCCCCCC)C(=O)O. The Morgan fingerprint density at radius 1 is 0.434 bits per heavy atom. The zero-order valence-corrected chi connectivity index (χ0v) is 35.3. The van der Waals surface area contributed by atoms with Gasteiger partial charge in [-0.05, 0) is 110 Å². The minimum Gasteiger partial charge on any atom is -0.480 e. The second kappa shape index (κ2) is 44.7. The van der Waals surface area contributed by atoms with Crippen molar-refractivity contribution in [2.75, 3.05) is 39.3 Å². The Balaban J connectivity index is 3.49. The summed E-state index contributed by atoms with van der Waals surface area (Å²) in [5.41, 5.74) is 0. The Labute approximate surface area is 329 Å². The normalized spacial score (nSPS) is 12.3. The van der Waals surface area contributed by atoms with Crippen molar-refractivity contribution in [3.63, 3.8) is 0 Å². The number of hydrogen-bond acceptors (Lipinski definition) is 5. The molecule has 0 aromatic carbocycles. The van der Waals surface area contributed by atoms with Crippen molar-refractivity contribution in [1.29, 1.82) is 0 Å².